The van der Waals surface area contributed by atoms with Gasteiger partial charge >= 0.3 is 5.97 Å². The first-order valence-corrected chi connectivity index (χ1v) is 34.4. The maximum absolute atomic E-state index is 12.5. The van der Waals surface area contributed by atoms with Gasteiger partial charge in [0.15, 0.2) is 0 Å². The van der Waals surface area contributed by atoms with E-state index in [4.69, 9.17) is 4.74 Å². The molecule has 2 unspecified atom stereocenters. The van der Waals surface area contributed by atoms with Crippen molar-refractivity contribution in [1.82, 2.24) is 5.32 Å². The second-order valence-corrected chi connectivity index (χ2v) is 23.5. The second kappa shape index (κ2) is 66.3. The molecule has 0 heterocycles. The number of aliphatic hydroxyl groups is 2. The van der Waals surface area contributed by atoms with Crippen LogP contribution in [0.25, 0.3) is 0 Å². The third-order valence-corrected chi connectivity index (χ3v) is 15.9. The summed E-state index contributed by atoms with van der Waals surface area (Å²) in [6.45, 7) is 4.94. The van der Waals surface area contributed by atoms with Crippen molar-refractivity contribution in [2.24, 2.45) is 0 Å². The number of unbranched alkanes of at least 4 members (excludes halogenated alkanes) is 45. The zero-order valence-electron chi connectivity index (χ0n) is 51.7. The molecule has 0 fully saturated rings. The van der Waals surface area contributed by atoms with Gasteiger partial charge in [0.2, 0.25) is 5.91 Å². The molecule has 0 saturated heterocycles. The highest BCUT2D eigenvalue weighted by Gasteiger charge is 2.20. The van der Waals surface area contributed by atoms with Crippen molar-refractivity contribution in [3.63, 3.8) is 0 Å². The van der Waals surface area contributed by atoms with Crippen LogP contribution < -0.4 is 5.32 Å². The minimum atomic E-state index is -0.664. The van der Waals surface area contributed by atoms with E-state index in [0.717, 1.165) is 57.8 Å². The van der Waals surface area contributed by atoms with Crippen LogP contribution in [-0.2, 0) is 14.3 Å². The number of hydrogen-bond donors (Lipinski definition) is 3. The first kappa shape index (κ1) is 74.8. The van der Waals surface area contributed by atoms with E-state index >= 15 is 0 Å². The molecule has 452 valence electrons. The highest BCUT2D eigenvalue weighted by molar-refractivity contribution is 5.76. The molecule has 0 radical (unpaired) electrons. The van der Waals surface area contributed by atoms with Crippen LogP contribution in [0.2, 0.25) is 0 Å². The number of esters is 1. The molecule has 0 aromatic carbocycles. The SMILES string of the molecule is CCCCC/C=C\C/C=C\CCCCCCCCCCCC(=O)OCCCCCCCCCCC/C=C\C/C=C\CCCCCCCCCCCCCCCC(=O)NC(CO)C(O)CCCCCCCCCCCCCC. The number of aliphatic hydroxyl groups excluding tert-OH is 2. The molecule has 0 aliphatic rings. The van der Waals surface area contributed by atoms with Crippen molar-refractivity contribution >= 4 is 11.9 Å². The Hall–Kier alpha value is -2.18. The van der Waals surface area contributed by atoms with Crippen LogP contribution in [0.4, 0.5) is 0 Å². The quantitative estimate of drug-likeness (QED) is 0.0320. The summed E-state index contributed by atoms with van der Waals surface area (Å²) in [7, 11) is 0. The second-order valence-electron chi connectivity index (χ2n) is 23.5. The van der Waals surface area contributed by atoms with E-state index < -0.39 is 12.1 Å². The highest BCUT2D eigenvalue weighted by Crippen LogP contribution is 2.18. The molecular weight excluding hydrogens is 947 g/mol. The van der Waals surface area contributed by atoms with Crippen molar-refractivity contribution in [1.29, 1.82) is 0 Å². The normalized spacial score (nSPS) is 12.8. The van der Waals surface area contributed by atoms with E-state index in [-0.39, 0.29) is 18.5 Å². The fraction of sp³-hybridized carbons (Fsp3) is 0.859. The fourth-order valence-electron chi connectivity index (χ4n) is 10.6. The molecule has 3 N–H and O–H groups in total. The smallest absolute Gasteiger partial charge is 0.305 e. The lowest BCUT2D eigenvalue weighted by Crippen LogP contribution is -2.45. The van der Waals surface area contributed by atoms with Gasteiger partial charge in [-0.05, 0) is 89.9 Å². The number of rotatable bonds is 64. The van der Waals surface area contributed by atoms with E-state index in [1.54, 1.807) is 0 Å². The molecule has 0 aromatic heterocycles. The van der Waals surface area contributed by atoms with Crippen LogP contribution in [0, 0.1) is 0 Å². The lowest BCUT2D eigenvalue weighted by molar-refractivity contribution is -0.143. The van der Waals surface area contributed by atoms with Crippen molar-refractivity contribution in [2.75, 3.05) is 13.2 Å². The topological polar surface area (TPSA) is 95.9 Å². The number of carbonyl (C=O) groups excluding carboxylic acids is 2. The van der Waals surface area contributed by atoms with E-state index in [0.29, 0.717) is 25.9 Å². The minimum Gasteiger partial charge on any atom is -0.466 e. The largest absolute Gasteiger partial charge is 0.466 e. The average molecular weight is 1080 g/mol. The average Bonchev–Trinajstić information content (AvgIpc) is 3.43. The number of ether oxygens (including phenoxy) is 1. The molecule has 0 aliphatic heterocycles. The standard InChI is InChI=1S/C71H133NO5/c1-3-5-7-9-11-13-15-17-18-19-31-35-38-41-45-49-53-57-61-65-71(76)77-66-62-58-54-50-46-42-39-36-33-30-28-26-24-22-20-21-23-25-27-29-32-34-37-40-44-48-52-56-60-64-70(75)72-68(67-73)69(74)63-59-55-51-47-43-16-14-12-10-8-6-4-2/h11,13,17-18,20,22,26,28,68-69,73-74H,3-10,12,14-16,19,21,23-25,27,29-67H2,1-2H3,(H,72,75)/b13-11-,18-17-,22-20-,28-26-. The first-order chi connectivity index (χ1) is 38.0. The molecule has 6 nitrogen and oxygen atoms in total. The van der Waals surface area contributed by atoms with Crippen molar-refractivity contribution in [2.45, 2.75) is 379 Å². The number of allylic oxidation sites excluding steroid dienone is 8. The molecule has 0 aromatic rings. The predicted molar refractivity (Wildman–Crippen MR) is 338 cm³/mol. The first-order valence-electron chi connectivity index (χ1n) is 34.4. The van der Waals surface area contributed by atoms with Gasteiger partial charge in [0.05, 0.1) is 25.4 Å². The highest BCUT2D eigenvalue weighted by atomic mass is 16.5. The summed E-state index contributed by atoms with van der Waals surface area (Å²) in [6, 6.07) is -0.542. The van der Waals surface area contributed by atoms with Crippen molar-refractivity contribution in [3.8, 4) is 0 Å². The molecule has 77 heavy (non-hydrogen) atoms. The maximum atomic E-state index is 12.5. The van der Waals surface area contributed by atoms with Crippen LogP contribution in [0.15, 0.2) is 48.6 Å². The molecule has 0 rings (SSSR count). The van der Waals surface area contributed by atoms with Gasteiger partial charge in [0, 0.05) is 12.8 Å². The van der Waals surface area contributed by atoms with E-state index in [2.05, 4.69) is 67.8 Å². The van der Waals surface area contributed by atoms with Gasteiger partial charge in [0.25, 0.3) is 0 Å². The Bertz CT molecular complexity index is 1290. The third-order valence-electron chi connectivity index (χ3n) is 15.9. The summed E-state index contributed by atoms with van der Waals surface area (Å²) in [5.41, 5.74) is 0. The monoisotopic (exact) mass is 1080 g/mol. The molecule has 6 heteroatoms. The molecule has 0 bridgehead atoms. The number of hydrogen-bond acceptors (Lipinski definition) is 5. The third kappa shape index (κ3) is 62.9. The van der Waals surface area contributed by atoms with Crippen LogP contribution in [0.5, 0.6) is 0 Å². The molecule has 0 aliphatic carbocycles. The van der Waals surface area contributed by atoms with Crippen molar-refractivity contribution in [3.05, 3.63) is 48.6 Å². The van der Waals surface area contributed by atoms with Gasteiger partial charge in [-0.1, -0.05) is 313 Å². The van der Waals surface area contributed by atoms with Crippen LogP contribution >= 0.6 is 0 Å². The number of amides is 1. The van der Waals surface area contributed by atoms with Crippen LogP contribution in [0.1, 0.15) is 367 Å². The Morgan fingerprint density at radius 2 is 0.649 bits per heavy atom. The lowest BCUT2D eigenvalue weighted by atomic mass is 10.0. The van der Waals surface area contributed by atoms with Crippen LogP contribution in [-0.4, -0.2) is 47.4 Å². The van der Waals surface area contributed by atoms with Gasteiger partial charge in [-0.25, -0.2) is 0 Å². The van der Waals surface area contributed by atoms with Gasteiger partial charge in [-0.3, -0.25) is 9.59 Å². The van der Waals surface area contributed by atoms with Gasteiger partial charge in [-0.15, -0.1) is 0 Å². The van der Waals surface area contributed by atoms with Crippen molar-refractivity contribution < 1.29 is 24.5 Å². The molecule has 0 spiro atoms. The van der Waals surface area contributed by atoms with Gasteiger partial charge in [-0.2, -0.15) is 0 Å². The zero-order chi connectivity index (χ0) is 55.7. The van der Waals surface area contributed by atoms with Gasteiger partial charge in [0.1, 0.15) is 0 Å². The molecule has 2 atom stereocenters. The Balaban J connectivity index is 3.38. The number of nitrogens with one attached hydrogen (secondary N) is 1. The summed E-state index contributed by atoms with van der Waals surface area (Å²) >= 11 is 0. The zero-order valence-corrected chi connectivity index (χ0v) is 51.7. The van der Waals surface area contributed by atoms with E-state index in [1.165, 1.54) is 276 Å². The van der Waals surface area contributed by atoms with E-state index in [9.17, 15) is 19.8 Å². The van der Waals surface area contributed by atoms with Gasteiger partial charge < -0.3 is 20.3 Å². The molecule has 1 amide bonds. The minimum absolute atomic E-state index is 0.00826. The lowest BCUT2D eigenvalue weighted by Gasteiger charge is -2.22. The number of carbonyl (C=O) groups is 2. The Labute approximate surface area is 480 Å². The summed E-state index contributed by atoms with van der Waals surface area (Å²) in [6.07, 6.45) is 85.8. The fourth-order valence-corrected chi connectivity index (χ4v) is 10.6. The molecular formula is C71H133NO5. The molecule has 0 saturated carbocycles. The Morgan fingerprint density at radius 1 is 0.364 bits per heavy atom. The van der Waals surface area contributed by atoms with E-state index in [1.807, 2.05) is 0 Å². The summed E-state index contributed by atoms with van der Waals surface area (Å²) in [5, 5.41) is 23.2. The summed E-state index contributed by atoms with van der Waals surface area (Å²) in [4.78, 5) is 24.6. The maximum Gasteiger partial charge on any atom is 0.305 e. The Kier molecular flexibility index (Phi) is 64.5. The van der Waals surface area contributed by atoms with Crippen LogP contribution in [0.3, 0.4) is 0 Å². The summed E-state index contributed by atoms with van der Waals surface area (Å²) in [5.74, 6) is -0.0273. The Morgan fingerprint density at radius 3 is 1.01 bits per heavy atom. The summed E-state index contributed by atoms with van der Waals surface area (Å²) < 4.78 is 5.50. The predicted octanol–water partition coefficient (Wildman–Crippen LogP) is 22.1.